The Labute approximate surface area is 108 Å². The molecule has 0 amide bonds. The second-order valence-electron chi connectivity index (χ2n) is 4.30. The fourth-order valence-electron chi connectivity index (χ4n) is 2.39. The number of aromatic carboxylic acids is 1. The topological polar surface area (TPSA) is 77.8 Å². The Hall–Kier alpha value is -2.75. The smallest absolute Gasteiger partial charge is 0.337 e. The molecule has 0 aliphatic rings. The Morgan fingerprint density at radius 1 is 0.895 bits per heavy atom. The molecule has 3 N–H and O–H groups in total. The first kappa shape index (κ1) is 11.3. The SMILES string of the molecule is O=C(O)c1c2cccc(O)c2cc2cccc(O)c12. The Morgan fingerprint density at radius 3 is 2.32 bits per heavy atom. The van der Waals surface area contributed by atoms with Gasteiger partial charge in [0.1, 0.15) is 11.5 Å². The van der Waals surface area contributed by atoms with Gasteiger partial charge in [0.2, 0.25) is 0 Å². The highest BCUT2D eigenvalue weighted by Crippen LogP contribution is 2.36. The van der Waals surface area contributed by atoms with Crippen LogP contribution in [0.5, 0.6) is 11.5 Å². The number of phenolic OH excluding ortho intramolecular Hbond substituents is 2. The molecule has 0 bridgehead atoms. The van der Waals surface area contributed by atoms with E-state index in [0.717, 1.165) is 0 Å². The van der Waals surface area contributed by atoms with Gasteiger partial charge in [0.15, 0.2) is 0 Å². The lowest BCUT2D eigenvalue weighted by molar-refractivity contribution is 0.0701. The van der Waals surface area contributed by atoms with E-state index in [9.17, 15) is 20.1 Å². The lowest BCUT2D eigenvalue weighted by Crippen LogP contribution is -1.99. The van der Waals surface area contributed by atoms with Crippen LogP contribution in [0.2, 0.25) is 0 Å². The number of fused-ring (bicyclic) bond motifs is 2. The number of benzene rings is 3. The van der Waals surface area contributed by atoms with E-state index in [0.29, 0.717) is 16.2 Å². The van der Waals surface area contributed by atoms with Gasteiger partial charge in [-0.15, -0.1) is 0 Å². The zero-order valence-corrected chi connectivity index (χ0v) is 9.79. The lowest BCUT2D eigenvalue weighted by Gasteiger charge is -2.10. The van der Waals surface area contributed by atoms with E-state index in [4.69, 9.17) is 0 Å². The van der Waals surface area contributed by atoms with Crippen molar-refractivity contribution in [1.29, 1.82) is 0 Å². The first-order valence-electron chi connectivity index (χ1n) is 5.69. The van der Waals surface area contributed by atoms with Crippen LogP contribution < -0.4 is 0 Å². The van der Waals surface area contributed by atoms with Crippen molar-refractivity contribution in [2.45, 2.75) is 0 Å². The van der Waals surface area contributed by atoms with E-state index in [2.05, 4.69) is 0 Å². The number of aromatic hydroxyl groups is 2. The molecule has 0 heterocycles. The Bertz CT molecular complexity index is 821. The second-order valence-corrected chi connectivity index (χ2v) is 4.30. The zero-order chi connectivity index (χ0) is 13.6. The van der Waals surface area contributed by atoms with Crippen LogP contribution in [-0.2, 0) is 0 Å². The quantitative estimate of drug-likeness (QED) is 0.583. The highest BCUT2D eigenvalue weighted by atomic mass is 16.4. The molecule has 0 unspecified atom stereocenters. The molecule has 3 aromatic rings. The van der Waals surface area contributed by atoms with E-state index < -0.39 is 5.97 Å². The van der Waals surface area contributed by atoms with Crippen LogP contribution >= 0.6 is 0 Å². The van der Waals surface area contributed by atoms with Gasteiger partial charge in [-0.05, 0) is 23.6 Å². The molecule has 4 heteroatoms. The highest BCUT2D eigenvalue weighted by molar-refractivity contribution is 6.18. The van der Waals surface area contributed by atoms with Crippen LogP contribution in [0.1, 0.15) is 10.4 Å². The van der Waals surface area contributed by atoms with Crippen LogP contribution in [0.15, 0.2) is 42.5 Å². The number of carboxylic acids is 1. The molecule has 0 aliphatic carbocycles. The lowest BCUT2D eigenvalue weighted by atomic mass is 9.96. The molecule has 0 aromatic heterocycles. The fraction of sp³-hybridized carbons (Fsp3) is 0. The van der Waals surface area contributed by atoms with Crippen LogP contribution in [0.3, 0.4) is 0 Å². The molecule has 0 fully saturated rings. The molecule has 3 rings (SSSR count). The largest absolute Gasteiger partial charge is 0.507 e. The van der Waals surface area contributed by atoms with Crippen molar-refractivity contribution >= 4 is 27.5 Å². The standard InChI is InChI=1S/C15H10O4/c16-11-5-2-4-9-10(11)7-8-3-1-6-12(17)13(8)14(9)15(18)19/h1-7,16-17H,(H,18,19). The van der Waals surface area contributed by atoms with E-state index in [1.54, 1.807) is 30.3 Å². The third kappa shape index (κ3) is 1.57. The molecule has 19 heavy (non-hydrogen) atoms. The number of hydrogen-bond donors (Lipinski definition) is 3. The maximum absolute atomic E-state index is 11.5. The number of phenols is 2. The van der Waals surface area contributed by atoms with Gasteiger partial charge < -0.3 is 15.3 Å². The third-order valence-electron chi connectivity index (χ3n) is 3.19. The number of hydrogen-bond acceptors (Lipinski definition) is 3. The normalized spacial score (nSPS) is 10.9. The minimum absolute atomic E-state index is 0.00139. The molecular formula is C15H10O4. The third-order valence-corrected chi connectivity index (χ3v) is 3.19. The van der Waals surface area contributed by atoms with Crippen molar-refractivity contribution in [2.75, 3.05) is 0 Å². The van der Waals surface area contributed by atoms with Crippen LogP contribution in [0, 0.1) is 0 Å². The molecule has 94 valence electrons. The van der Waals surface area contributed by atoms with E-state index in [-0.39, 0.29) is 22.4 Å². The van der Waals surface area contributed by atoms with Crippen molar-refractivity contribution in [3.63, 3.8) is 0 Å². The summed E-state index contributed by atoms with van der Waals surface area (Å²) in [4.78, 5) is 11.5. The summed E-state index contributed by atoms with van der Waals surface area (Å²) in [7, 11) is 0. The summed E-state index contributed by atoms with van der Waals surface area (Å²) in [5, 5.41) is 30.9. The van der Waals surface area contributed by atoms with Crippen LogP contribution in [0.25, 0.3) is 21.5 Å². The predicted octanol–water partition coefficient (Wildman–Crippen LogP) is 3.10. The minimum Gasteiger partial charge on any atom is -0.507 e. The molecule has 3 aromatic carbocycles. The van der Waals surface area contributed by atoms with Crippen molar-refractivity contribution in [3.05, 3.63) is 48.0 Å². The van der Waals surface area contributed by atoms with Gasteiger partial charge in [-0.1, -0.05) is 24.3 Å². The summed E-state index contributed by atoms with van der Waals surface area (Å²) in [6.45, 7) is 0. The first-order chi connectivity index (χ1) is 9.09. The van der Waals surface area contributed by atoms with Gasteiger partial charge in [-0.3, -0.25) is 0 Å². The Kier molecular flexibility index (Phi) is 2.32. The monoisotopic (exact) mass is 254 g/mol. The van der Waals surface area contributed by atoms with Gasteiger partial charge >= 0.3 is 5.97 Å². The van der Waals surface area contributed by atoms with Crippen molar-refractivity contribution in [3.8, 4) is 11.5 Å². The van der Waals surface area contributed by atoms with Crippen molar-refractivity contribution in [1.82, 2.24) is 0 Å². The maximum atomic E-state index is 11.5. The molecule has 0 atom stereocenters. The predicted molar refractivity (Wildman–Crippen MR) is 71.7 cm³/mol. The zero-order valence-electron chi connectivity index (χ0n) is 9.79. The van der Waals surface area contributed by atoms with E-state index in [1.807, 2.05) is 0 Å². The van der Waals surface area contributed by atoms with Crippen LogP contribution in [0.4, 0.5) is 0 Å². The van der Waals surface area contributed by atoms with Crippen LogP contribution in [-0.4, -0.2) is 21.3 Å². The van der Waals surface area contributed by atoms with E-state index >= 15 is 0 Å². The van der Waals surface area contributed by atoms with E-state index in [1.165, 1.54) is 12.1 Å². The second kappa shape index (κ2) is 3.88. The molecule has 0 saturated carbocycles. The molecule has 0 aliphatic heterocycles. The maximum Gasteiger partial charge on any atom is 0.337 e. The number of carboxylic acid groups (broad SMARTS) is 1. The van der Waals surface area contributed by atoms with Gasteiger partial charge in [-0.2, -0.15) is 0 Å². The average molecular weight is 254 g/mol. The number of carbonyl (C=O) groups is 1. The highest BCUT2D eigenvalue weighted by Gasteiger charge is 2.17. The molecule has 0 saturated heterocycles. The number of rotatable bonds is 1. The van der Waals surface area contributed by atoms with Gasteiger partial charge in [0.05, 0.1) is 5.56 Å². The summed E-state index contributed by atoms with van der Waals surface area (Å²) in [5.74, 6) is -1.20. The molecule has 0 spiro atoms. The summed E-state index contributed by atoms with van der Waals surface area (Å²) < 4.78 is 0. The summed E-state index contributed by atoms with van der Waals surface area (Å²) >= 11 is 0. The average Bonchev–Trinajstić information content (AvgIpc) is 2.37. The Morgan fingerprint density at radius 2 is 1.58 bits per heavy atom. The van der Waals surface area contributed by atoms with Crippen molar-refractivity contribution < 1.29 is 20.1 Å². The molecular weight excluding hydrogens is 244 g/mol. The van der Waals surface area contributed by atoms with Crippen molar-refractivity contribution in [2.24, 2.45) is 0 Å². The summed E-state index contributed by atoms with van der Waals surface area (Å²) in [6.07, 6.45) is 0. The Balaban J connectivity index is 2.66. The molecule has 0 radical (unpaired) electrons. The minimum atomic E-state index is -1.14. The fourth-order valence-corrected chi connectivity index (χ4v) is 2.39. The molecule has 4 nitrogen and oxygen atoms in total. The van der Waals surface area contributed by atoms with Gasteiger partial charge in [0, 0.05) is 16.2 Å². The summed E-state index contributed by atoms with van der Waals surface area (Å²) in [5.41, 5.74) is 0.00139. The summed E-state index contributed by atoms with van der Waals surface area (Å²) in [6, 6.07) is 11.2. The first-order valence-corrected chi connectivity index (χ1v) is 5.69. The van der Waals surface area contributed by atoms with Gasteiger partial charge in [0.25, 0.3) is 0 Å². The van der Waals surface area contributed by atoms with Gasteiger partial charge in [-0.25, -0.2) is 4.79 Å².